The van der Waals surface area contributed by atoms with Crippen LogP contribution in [0.25, 0.3) is 0 Å². The standard InChI is InChI=1S/10C2H6O3S2.2Na.4Zn/c10*3-7(4,5)2-1-6;;;;;;/h10*6H,1-2H2,(H,3,4,5);;;;;;/q;;;;;;;;;;2*+1;4*+2/p-10. The van der Waals surface area contributed by atoms with Gasteiger partial charge in [0.15, 0.2) is 0 Å². The third-order valence-electron chi connectivity index (χ3n) is 3.41. The van der Waals surface area contributed by atoms with Gasteiger partial charge in [-0.1, -0.05) is 0 Å². The van der Waals surface area contributed by atoms with Crippen LogP contribution in [0.1, 0.15) is 0 Å². The Labute approximate surface area is 599 Å². The molecular weight excluding hydrogens is 1670 g/mol. The van der Waals surface area contributed by atoms with Gasteiger partial charge in [-0.3, -0.25) is 45.5 Å². The Bertz CT molecular complexity index is 1840. The Morgan fingerprint density at radius 2 is 0.211 bits per heavy atom. The summed E-state index contributed by atoms with van der Waals surface area (Å²) in [5.41, 5.74) is 0. The Morgan fingerprint density at radius 3 is 0.211 bits per heavy atom. The maximum Gasteiger partial charge on any atom is 2.00 e. The molecule has 0 radical (unpaired) electrons. The van der Waals surface area contributed by atoms with Gasteiger partial charge in [-0.25, -0.2) is 0 Å². The third kappa shape index (κ3) is 235. The Kier molecular flexibility index (Phi) is 116. The van der Waals surface area contributed by atoms with Crippen LogP contribution >= 0.6 is 0 Å². The molecular formula is C20H50Na2O30S20Zn4. The van der Waals surface area contributed by atoms with Crippen LogP contribution in [0.4, 0.5) is 0 Å². The summed E-state index contributed by atoms with van der Waals surface area (Å²) in [5.74, 6) is -2.63. The first kappa shape index (κ1) is 124. The molecule has 0 aromatic carbocycles. The molecule has 0 fully saturated rings. The van der Waals surface area contributed by atoms with Crippen LogP contribution in [0, 0.1) is 0 Å². The zero-order valence-electron chi connectivity index (χ0n) is 39.8. The molecule has 0 amide bonds. The van der Waals surface area contributed by atoms with Crippen molar-refractivity contribution in [2.75, 3.05) is 115 Å². The van der Waals surface area contributed by atoms with Gasteiger partial charge in [0.2, 0.25) is 0 Å². The summed E-state index contributed by atoms with van der Waals surface area (Å²) in [6.07, 6.45) is 0. The van der Waals surface area contributed by atoms with E-state index in [1.165, 1.54) is 0 Å². The minimum Gasteiger partial charge on any atom is -0.792 e. The Morgan fingerprint density at radius 1 is 0.171 bits per heavy atom. The monoisotopic (exact) mass is 1710 g/mol. The molecule has 0 unspecified atom stereocenters. The fourth-order valence-corrected chi connectivity index (χ4v) is 9.48. The average Bonchev–Trinajstić information content (AvgIpc) is 3.02. The van der Waals surface area contributed by atoms with Gasteiger partial charge < -0.3 is 126 Å². The summed E-state index contributed by atoms with van der Waals surface area (Å²) in [4.78, 5) is 0. The van der Waals surface area contributed by atoms with E-state index in [1.807, 2.05) is 0 Å². The zero-order valence-corrected chi connectivity index (χ0v) is 72.0. The maximum absolute atomic E-state index is 9.72. The maximum atomic E-state index is 9.72. The molecule has 0 bridgehead atoms. The van der Waals surface area contributed by atoms with Crippen molar-refractivity contribution in [3.8, 4) is 0 Å². The molecule has 10 N–H and O–H groups in total. The summed E-state index contributed by atoms with van der Waals surface area (Å²) in [6.45, 7) is 0. The van der Waals surface area contributed by atoms with Crippen molar-refractivity contribution in [2.45, 2.75) is 0 Å². The molecule has 0 saturated heterocycles. The van der Waals surface area contributed by atoms with Crippen LogP contribution in [-0.2, 0) is 305 Å². The summed E-state index contributed by atoms with van der Waals surface area (Å²) in [5, 5.41) is 0. The molecule has 0 saturated carbocycles. The predicted octanol–water partition coefficient (Wildman–Crippen LogP) is -11.8. The largest absolute Gasteiger partial charge is 2.00 e. The second kappa shape index (κ2) is 71.2. The second-order valence-corrected chi connectivity index (χ2v) is 29.7. The van der Waals surface area contributed by atoms with E-state index < -0.39 is 101 Å². The Hall–Kier alpha value is 7.09. The molecule has 0 aromatic rings. The smallest absolute Gasteiger partial charge is 0.792 e. The van der Waals surface area contributed by atoms with Crippen molar-refractivity contribution in [3.63, 3.8) is 0 Å². The summed E-state index contributed by atoms with van der Waals surface area (Å²) >= 11 is 42.6. The molecule has 440 valence electrons. The SMILES string of the molecule is O=S(=O)(O)CC[S-].O=S(=O)(O)CC[S-].O=S(=O)(O)CC[S-].O=S(=O)(O)CC[S-].O=S(=O)(O)CC[S-].O=S(=O)(O)CC[S-].O=S(=O)(O)CC[S-].O=S(=O)(O)CC[S-].O=S(=O)(O)CC[S-].O=S(=O)(O)CC[S-].[Na+].[Na+].[Zn+2].[Zn+2].[Zn+2].[Zn+2]. The fourth-order valence-electron chi connectivity index (χ4n) is 1.05. The van der Waals surface area contributed by atoms with E-state index in [4.69, 9.17) is 45.5 Å². The predicted molar refractivity (Wildman–Crippen MR) is 286 cm³/mol. The van der Waals surface area contributed by atoms with Crippen molar-refractivity contribution in [2.24, 2.45) is 0 Å². The van der Waals surface area contributed by atoms with Gasteiger partial charge in [0.1, 0.15) is 0 Å². The van der Waals surface area contributed by atoms with Gasteiger partial charge in [-0.15, -0.1) is 0 Å². The van der Waals surface area contributed by atoms with Gasteiger partial charge >= 0.3 is 137 Å². The van der Waals surface area contributed by atoms with Crippen LogP contribution in [0.15, 0.2) is 0 Å². The fraction of sp³-hybridized carbons (Fsp3) is 1.00. The molecule has 56 heteroatoms. The first-order chi connectivity index (χ1) is 30.6. The van der Waals surface area contributed by atoms with Gasteiger partial charge in [0.05, 0.1) is 57.5 Å². The van der Waals surface area contributed by atoms with Gasteiger partial charge in [0, 0.05) is 0 Å². The molecule has 76 heavy (non-hydrogen) atoms. The molecule has 0 spiro atoms. The van der Waals surface area contributed by atoms with Crippen molar-refractivity contribution in [1.82, 2.24) is 0 Å². The van der Waals surface area contributed by atoms with Crippen LogP contribution in [0.5, 0.6) is 0 Å². The van der Waals surface area contributed by atoms with Crippen LogP contribution in [-0.4, -0.2) is 245 Å². The summed E-state index contributed by atoms with van der Waals surface area (Å²) in [7, 11) is -37.8. The van der Waals surface area contributed by atoms with Crippen LogP contribution in [0.2, 0.25) is 0 Å². The Balaban J connectivity index is -0.0000000373. The van der Waals surface area contributed by atoms with E-state index in [0.29, 0.717) is 0 Å². The minimum atomic E-state index is -3.78. The second-order valence-electron chi connectivity index (χ2n) is 9.90. The molecule has 0 atom stereocenters. The third-order valence-corrected chi connectivity index (χ3v) is 15.2. The van der Waals surface area contributed by atoms with E-state index in [2.05, 4.69) is 126 Å². The molecule has 0 aliphatic carbocycles. The van der Waals surface area contributed by atoms with Crippen molar-refractivity contribution >= 4 is 227 Å². The number of rotatable bonds is 20. The van der Waals surface area contributed by atoms with Crippen LogP contribution < -0.4 is 59.1 Å². The van der Waals surface area contributed by atoms with E-state index in [9.17, 15) is 84.2 Å². The molecule has 0 aliphatic heterocycles. The summed E-state index contributed by atoms with van der Waals surface area (Å²) in [6, 6.07) is 0. The van der Waals surface area contributed by atoms with Crippen molar-refractivity contribution < 1.29 is 267 Å². The average molecular weight is 1720 g/mol. The zero-order chi connectivity index (χ0) is 59.1. The van der Waals surface area contributed by atoms with Crippen LogP contribution in [0.3, 0.4) is 0 Å². The number of hydrogen-bond donors (Lipinski definition) is 10. The van der Waals surface area contributed by atoms with Gasteiger partial charge in [0.25, 0.3) is 101 Å². The summed E-state index contributed by atoms with van der Waals surface area (Å²) < 4.78 is 274. The number of hydrogen-bond acceptors (Lipinski definition) is 30. The van der Waals surface area contributed by atoms with E-state index in [1.54, 1.807) is 0 Å². The molecule has 0 aliphatic rings. The first-order valence-electron chi connectivity index (χ1n) is 15.9. The molecule has 0 heterocycles. The molecule has 0 aromatic heterocycles. The van der Waals surface area contributed by atoms with Gasteiger partial charge in [-0.2, -0.15) is 142 Å². The van der Waals surface area contributed by atoms with E-state index in [0.717, 1.165) is 0 Å². The minimum absolute atomic E-state index is 0. The van der Waals surface area contributed by atoms with Crippen molar-refractivity contribution in [1.29, 1.82) is 0 Å². The molecule has 30 nitrogen and oxygen atoms in total. The topological polar surface area (TPSA) is 544 Å². The first-order valence-corrected chi connectivity index (χ1v) is 37.8. The van der Waals surface area contributed by atoms with E-state index in [-0.39, 0.29) is 252 Å². The quantitative estimate of drug-likeness (QED) is 0.0307. The normalized spacial score (nSPS) is 10.8. The van der Waals surface area contributed by atoms with Gasteiger partial charge in [-0.05, 0) is 0 Å². The van der Waals surface area contributed by atoms with E-state index >= 15 is 0 Å². The van der Waals surface area contributed by atoms with Crippen molar-refractivity contribution in [3.05, 3.63) is 0 Å². The molecule has 0 rings (SSSR count).